The van der Waals surface area contributed by atoms with Crippen LogP contribution in [0.15, 0.2) is 47.5 Å². The number of nitrogens with zero attached hydrogens (tertiary/aromatic N) is 3. The fraction of sp³-hybridized carbons (Fsp3) is 0.375. The smallest absolute Gasteiger partial charge is 0.261 e. The Morgan fingerprint density at radius 1 is 1.16 bits per heavy atom. The first-order valence-corrected chi connectivity index (χ1v) is 10.6. The summed E-state index contributed by atoms with van der Waals surface area (Å²) in [5.74, 6) is 1.15. The van der Waals surface area contributed by atoms with Crippen LogP contribution in [0.2, 0.25) is 0 Å². The highest BCUT2D eigenvalue weighted by Crippen LogP contribution is 2.29. The number of phenolic OH excluding ortho intramolecular Hbond substituents is 1. The standard InChI is InChI=1S/C24H29N3O5/c1-4-11-26(15-17-8-5-6-9-20(17)28)23(29)10-7-12-27-16-25-19-14-22(32-3)21(31-2)13-18(19)24(27)30/h5-6,8-9,13-14,16,28H,4,7,10-12,15H2,1-3H3. The quantitative estimate of drug-likeness (QED) is 0.521. The number of amides is 1. The molecule has 1 N–H and O–H groups in total. The van der Waals surface area contributed by atoms with Gasteiger partial charge in [0, 0.05) is 37.7 Å². The Labute approximate surface area is 187 Å². The second-order valence-electron chi connectivity index (χ2n) is 7.52. The number of hydrogen-bond acceptors (Lipinski definition) is 6. The molecule has 0 saturated heterocycles. The number of rotatable bonds is 10. The van der Waals surface area contributed by atoms with Crippen LogP contribution in [0.25, 0.3) is 10.9 Å². The second kappa shape index (κ2) is 10.7. The van der Waals surface area contributed by atoms with E-state index in [1.54, 1.807) is 29.2 Å². The third-order valence-electron chi connectivity index (χ3n) is 5.32. The molecule has 1 aromatic heterocycles. The van der Waals surface area contributed by atoms with Gasteiger partial charge >= 0.3 is 0 Å². The predicted octanol–water partition coefficient (Wildman–Crippen LogP) is 3.34. The van der Waals surface area contributed by atoms with E-state index in [4.69, 9.17) is 9.47 Å². The molecule has 8 heteroatoms. The van der Waals surface area contributed by atoms with E-state index in [9.17, 15) is 14.7 Å². The molecule has 0 saturated carbocycles. The molecule has 3 rings (SSSR count). The zero-order chi connectivity index (χ0) is 23.1. The molecule has 0 bridgehead atoms. The van der Waals surface area contributed by atoms with Crippen molar-refractivity contribution in [2.24, 2.45) is 0 Å². The van der Waals surface area contributed by atoms with Gasteiger partial charge in [-0.05, 0) is 25.0 Å². The number of benzene rings is 2. The Morgan fingerprint density at radius 3 is 2.56 bits per heavy atom. The van der Waals surface area contributed by atoms with Crippen LogP contribution in [0.4, 0.5) is 0 Å². The average molecular weight is 440 g/mol. The number of phenols is 1. The first-order valence-electron chi connectivity index (χ1n) is 10.6. The maximum Gasteiger partial charge on any atom is 0.261 e. The summed E-state index contributed by atoms with van der Waals surface area (Å²) in [6, 6.07) is 10.3. The van der Waals surface area contributed by atoms with E-state index >= 15 is 0 Å². The van der Waals surface area contributed by atoms with Gasteiger partial charge < -0.3 is 19.5 Å². The summed E-state index contributed by atoms with van der Waals surface area (Å²) in [4.78, 5) is 31.8. The van der Waals surface area contributed by atoms with E-state index < -0.39 is 0 Å². The number of aromatic hydroxyl groups is 1. The Hall–Kier alpha value is -3.55. The van der Waals surface area contributed by atoms with Crippen molar-refractivity contribution in [2.75, 3.05) is 20.8 Å². The number of carbonyl (C=O) groups is 1. The van der Waals surface area contributed by atoms with Crippen molar-refractivity contribution in [1.29, 1.82) is 0 Å². The molecule has 3 aromatic rings. The molecule has 170 valence electrons. The van der Waals surface area contributed by atoms with Crippen LogP contribution >= 0.6 is 0 Å². The lowest BCUT2D eigenvalue weighted by molar-refractivity contribution is -0.132. The largest absolute Gasteiger partial charge is 0.508 e. The minimum atomic E-state index is -0.192. The van der Waals surface area contributed by atoms with Gasteiger partial charge in [0.1, 0.15) is 5.75 Å². The monoisotopic (exact) mass is 439 g/mol. The second-order valence-corrected chi connectivity index (χ2v) is 7.52. The molecule has 0 fully saturated rings. The highest BCUT2D eigenvalue weighted by Gasteiger charge is 2.15. The van der Waals surface area contributed by atoms with Crippen LogP contribution in [0.5, 0.6) is 17.2 Å². The van der Waals surface area contributed by atoms with Gasteiger partial charge in [-0.3, -0.25) is 14.2 Å². The molecule has 0 radical (unpaired) electrons. The minimum Gasteiger partial charge on any atom is -0.508 e. The molecule has 2 aromatic carbocycles. The van der Waals surface area contributed by atoms with Crippen molar-refractivity contribution < 1.29 is 19.4 Å². The number of methoxy groups -OCH3 is 2. The van der Waals surface area contributed by atoms with E-state index in [0.717, 1.165) is 6.42 Å². The van der Waals surface area contributed by atoms with Crippen molar-refractivity contribution in [3.05, 3.63) is 58.6 Å². The third-order valence-corrected chi connectivity index (χ3v) is 5.32. The van der Waals surface area contributed by atoms with Crippen LogP contribution in [0, 0.1) is 0 Å². The molecular formula is C24H29N3O5. The Balaban J connectivity index is 1.69. The van der Waals surface area contributed by atoms with Crippen LogP contribution in [-0.2, 0) is 17.9 Å². The number of hydrogen-bond donors (Lipinski definition) is 1. The van der Waals surface area contributed by atoms with Crippen LogP contribution in [0.3, 0.4) is 0 Å². The summed E-state index contributed by atoms with van der Waals surface area (Å²) in [5, 5.41) is 10.5. The molecule has 0 spiro atoms. The summed E-state index contributed by atoms with van der Waals surface area (Å²) in [7, 11) is 3.05. The van der Waals surface area contributed by atoms with Crippen LogP contribution in [0.1, 0.15) is 31.7 Å². The molecule has 0 unspecified atom stereocenters. The Bertz CT molecular complexity index is 1140. The molecule has 1 amide bonds. The van der Waals surface area contributed by atoms with Gasteiger partial charge in [0.25, 0.3) is 5.56 Å². The molecule has 0 atom stereocenters. The van der Waals surface area contributed by atoms with Crippen LogP contribution in [-0.4, -0.2) is 46.2 Å². The van der Waals surface area contributed by atoms with E-state index in [1.807, 2.05) is 19.1 Å². The lowest BCUT2D eigenvalue weighted by Gasteiger charge is -2.23. The summed E-state index contributed by atoms with van der Waals surface area (Å²) >= 11 is 0. The summed E-state index contributed by atoms with van der Waals surface area (Å²) < 4.78 is 12.1. The van der Waals surface area contributed by atoms with E-state index in [1.165, 1.54) is 25.1 Å². The SMILES string of the molecule is CCCN(Cc1ccccc1O)C(=O)CCCn1cnc2cc(OC)c(OC)cc2c1=O. The van der Waals surface area contributed by atoms with Gasteiger partial charge in [-0.25, -0.2) is 4.98 Å². The summed E-state index contributed by atoms with van der Waals surface area (Å²) in [5.41, 5.74) is 1.05. The molecule has 0 aliphatic rings. The molecule has 8 nitrogen and oxygen atoms in total. The van der Waals surface area contributed by atoms with Gasteiger partial charge in [0.05, 0.1) is 31.4 Å². The lowest BCUT2D eigenvalue weighted by Crippen LogP contribution is -2.31. The summed E-state index contributed by atoms with van der Waals surface area (Å²) in [6.07, 6.45) is 3.11. The number of ether oxygens (including phenoxy) is 2. The first kappa shape index (κ1) is 23.1. The molecule has 0 aliphatic heterocycles. The molecule has 32 heavy (non-hydrogen) atoms. The van der Waals surface area contributed by atoms with Crippen molar-refractivity contribution in [3.8, 4) is 17.2 Å². The minimum absolute atomic E-state index is 0.0108. The predicted molar refractivity (Wildman–Crippen MR) is 122 cm³/mol. The topological polar surface area (TPSA) is 93.9 Å². The number of aromatic nitrogens is 2. The number of aryl methyl sites for hydroxylation is 1. The highest BCUT2D eigenvalue weighted by molar-refractivity contribution is 5.81. The van der Waals surface area contributed by atoms with E-state index in [0.29, 0.717) is 60.4 Å². The average Bonchev–Trinajstić information content (AvgIpc) is 2.80. The molecular weight excluding hydrogens is 410 g/mol. The molecule has 0 aliphatic carbocycles. The third kappa shape index (κ3) is 5.19. The van der Waals surface area contributed by atoms with Gasteiger partial charge in [-0.2, -0.15) is 0 Å². The Morgan fingerprint density at radius 2 is 1.88 bits per heavy atom. The van der Waals surface area contributed by atoms with Crippen molar-refractivity contribution in [1.82, 2.24) is 14.5 Å². The van der Waals surface area contributed by atoms with Crippen molar-refractivity contribution in [3.63, 3.8) is 0 Å². The maximum atomic E-state index is 12.9. The number of carbonyl (C=O) groups excluding carboxylic acids is 1. The maximum absolute atomic E-state index is 12.9. The highest BCUT2D eigenvalue weighted by atomic mass is 16.5. The first-order chi connectivity index (χ1) is 15.5. The van der Waals surface area contributed by atoms with Crippen molar-refractivity contribution >= 4 is 16.8 Å². The summed E-state index contributed by atoms with van der Waals surface area (Å²) in [6.45, 7) is 3.35. The van der Waals surface area contributed by atoms with Gasteiger partial charge in [-0.15, -0.1) is 0 Å². The number of fused-ring (bicyclic) bond motifs is 1. The fourth-order valence-electron chi connectivity index (χ4n) is 3.62. The lowest BCUT2D eigenvalue weighted by atomic mass is 10.1. The Kier molecular flexibility index (Phi) is 7.70. The van der Waals surface area contributed by atoms with Gasteiger partial charge in [0.2, 0.25) is 5.91 Å². The van der Waals surface area contributed by atoms with E-state index in [2.05, 4.69) is 4.98 Å². The number of para-hydroxylation sites is 1. The normalized spacial score (nSPS) is 10.8. The van der Waals surface area contributed by atoms with E-state index in [-0.39, 0.29) is 17.2 Å². The molecule has 1 heterocycles. The zero-order valence-corrected chi connectivity index (χ0v) is 18.7. The van der Waals surface area contributed by atoms with Crippen molar-refractivity contribution in [2.45, 2.75) is 39.3 Å². The fourth-order valence-corrected chi connectivity index (χ4v) is 3.62. The van der Waals surface area contributed by atoms with Crippen LogP contribution < -0.4 is 15.0 Å². The zero-order valence-electron chi connectivity index (χ0n) is 18.7. The van der Waals surface area contributed by atoms with Gasteiger partial charge in [0.15, 0.2) is 11.5 Å². The van der Waals surface area contributed by atoms with Gasteiger partial charge in [-0.1, -0.05) is 25.1 Å².